The zero-order valence-electron chi connectivity index (χ0n) is 9.20. The summed E-state index contributed by atoms with van der Waals surface area (Å²) < 4.78 is 0. The highest BCUT2D eigenvalue weighted by atomic mass is 32.1. The minimum absolute atomic E-state index is 0.0321. The fourth-order valence-corrected chi connectivity index (χ4v) is 1.51. The van der Waals surface area contributed by atoms with Crippen LogP contribution in [0, 0.1) is 0 Å². The van der Waals surface area contributed by atoms with Crippen LogP contribution in [-0.2, 0) is 5.41 Å². The van der Waals surface area contributed by atoms with Gasteiger partial charge in [-0.15, -0.1) is 0 Å². The lowest BCUT2D eigenvalue weighted by Gasteiger charge is -2.16. The number of rotatable bonds is 3. The maximum absolute atomic E-state index is 4.52. The fourth-order valence-electron chi connectivity index (χ4n) is 1.38. The van der Waals surface area contributed by atoms with Gasteiger partial charge in [-0.1, -0.05) is 12.2 Å². The van der Waals surface area contributed by atoms with Crippen LogP contribution in [0.15, 0.2) is 18.3 Å². The van der Waals surface area contributed by atoms with Crippen molar-refractivity contribution in [2.45, 2.75) is 38.4 Å². The summed E-state index contributed by atoms with van der Waals surface area (Å²) in [6, 6.07) is 0. The Labute approximate surface area is 91.2 Å². The molecule has 0 saturated heterocycles. The first-order valence-corrected chi connectivity index (χ1v) is 5.36. The maximum Gasteiger partial charge on any atom is 0.115 e. The van der Waals surface area contributed by atoms with Crippen LogP contribution in [0.4, 0.5) is 0 Å². The van der Waals surface area contributed by atoms with Gasteiger partial charge in [0.25, 0.3) is 0 Å². The van der Waals surface area contributed by atoms with E-state index in [4.69, 9.17) is 0 Å². The minimum Gasteiger partial charge on any atom is -0.348 e. The van der Waals surface area contributed by atoms with Crippen LogP contribution in [0.1, 0.15) is 44.5 Å². The van der Waals surface area contributed by atoms with Crippen LogP contribution in [0.25, 0.3) is 0 Å². The fraction of sp³-hybridized carbons (Fsp3) is 0.545. The Kier molecular flexibility index (Phi) is 3.43. The van der Waals surface area contributed by atoms with Crippen molar-refractivity contribution in [3.8, 4) is 0 Å². The highest BCUT2D eigenvalue weighted by molar-refractivity contribution is 7.80. The van der Waals surface area contributed by atoms with E-state index >= 15 is 0 Å². The molecule has 2 nitrogen and oxygen atoms in total. The van der Waals surface area contributed by atoms with Crippen molar-refractivity contribution in [3.05, 3.63) is 29.9 Å². The van der Waals surface area contributed by atoms with Crippen LogP contribution in [0.2, 0.25) is 0 Å². The summed E-state index contributed by atoms with van der Waals surface area (Å²) in [6.07, 6.45) is 6.11. The van der Waals surface area contributed by atoms with Gasteiger partial charge in [-0.2, -0.15) is 12.6 Å². The first-order chi connectivity index (χ1) is 6.47. The number of hydrogen-bond donors (Lipinski definition) is 2. The van der Waals surface area contributed by atoms with Crippen LogP contribution in [-0.4, -0.2) is 9.97 Å². The summed E-state index contributed by atoms with van der Waals surface area (Å²) in [5.74, 6) is 0.992. The van der Waals surface area contributed by atoms with Crippen molar-refractivity contribution in [1.29, 1.82) is 0 Å². The number of thiol groups is 1. The van der Waals surface area contributed by atoms with E-state index in [1.54, 1.807) is 0 Å². The molecular weight excluding hydrogens is 192 g/mol. The highest BCUT2D eigenvalue weighted by Crippen LogP contribution is 2.24. The average Bonchev–Trinajstić information content (AvgIpc) is 2.51. The van der Waals surface area contributed by atoms with Crippen molar-refractivity contribution in [2.24, 2.45) is 0 Å². The van der Waals surface area contributed by atoms with Gasteiger partial charge < -0.3 is 4.98 Å². The molecule has 0 fully saturated rings. The van der Waals surface area contributed by atoms with E-state index in [2.05, 4.69) is 42.5 Å². The molecule has 0 saturated carbocycles. The Morgan fingerprint density at radius 1 is 1.57 bits per heavy atom. The second-order valence-electron chi connectivity index (χ2n) is 4.07. The zero-order chi connectivity index (χ0) is 10.8. The molecule has 1 atom stereocenters. The largest absolute Gasteiger partial charge is 0.348 e. The third-order valence-electron chi connectivity index (χ3n) is 2.22. The molecule has 0 aliphatic heterocycles. The molecule has 1 N–H and O–H groups in total. The van der Waals surface area contributed by atoms with E-state index in [-0.39, 0.29) is 10.7 Å². The summed E-state index contributed by atoms with van der Waals surface area (Å²) in [4.78, 5) is 7.72. The smallest absolute Gasteiger partial charge is 0.115 e. The van der Waals surface area contributed by atoms with Crippen molar-refractivity contribution >= 4 is 12.6 Å². The van der Waals surface area contributed by atoms with Gasteiger partial charge in [-0.3, -0.25) is 0 Å². The monoisotopic (exact) mass is 210 g/mol. The molecule has 3 heteroatoms. The van der Waals surface area contributed by atoms with Crippen LogP contribution in [0.3, 0.4) is 0 Å². The third kappa shape index (κ3) is 2.41. The predicted octanol–water partition coefficient (Wildman–Crippen LogP) is 3.25. The quantitative estimate of drug-likeness (QED) is 0.582. The van der Waals surface area contributed by atoms with Gasteiger partial charge in [0.15, 0.2) is 0 Å². The molecule has 0 spiro atoms. The molecule has 0 amide bonds. The number of aromatic nitrogens is 2. The highest BCUT2D eigenvalue weighted by Gasteiger charge is 2.20. The number of H-pyrrole nitrogens is 1. The van der Waals surface area contributed by atoms with E-state index in [9.17, 15) is 0 Å². The Morgan fingerprint density at radius 2 is 2.21 bits per heavy atom. The zero-order valence-corrected chi connectivity index (χ0v) is 10.1. The number of nitrogens with zero attached hydrogens (tertiary/aromatic N) is 1. The van der Waals surface area contributed by atoms with Crippen LogP contribution >= 0.6 is 12.6 Å². The SMILES string of the molecule is CC=CC(C)(C)c1nc(C(C)S)c[nH]1. The second-order valence-corrected chi connectivity index (χ2v) is 4.85. The summed E-state index contributed by atoms with van der Waals surface area (Å²) in [5, 5.41) is 0.182. The Hall–Kier alpha value is -0.700. The first kappa shape index (κ1) is 11.4. The van der Waals surface area contributed by atoms with Gasteiger partial charge in [0.1, 0.15) is 5.82 Å². The van der Waals surface area contributed by atoms with E-state index in [0.29, 0.717) is 0 Å². The topological polar surface area (TPSA) is 28.7 Å². The summed E-state index contributed by atoms with van der Waals surface area (Å²) >= 11 is 4.35. The lowest BCUT2D eigenvalue weighted by Crippen LogP contribution is -2.15. The van der Waals surface area contributed by atoms with E-state index < -0.39 is 0 Å². The maximum atomic E-state index is 4.52. The lowest BCUT2D eigenvalue weighted by atomic mass is 9.92. The molecule has 0 aliphatic rings. The molecule has 1 aromatic heterocycles. The standard InChI is InChI=1S/C11H18N2S/c1-5-6-11(3,4)10-12-7-9(13-10)8(2)14/h5-8,14H,1-4H3,(H,12,13). The third-order valence-corrected chi connectivity index (χ3v) is 2.48. The predicted molar refractivity (Wildman–Crippen MR) is 63.8 cm³/mol. The molecule has 78 valence electrons. The molecule has 0 aliphatic carbocycles. The molecule has 0 radical (unpaired) electrons. The first-order valence-electron chi connectivity index (χ1n) is 4.85. The Balaban J connectivity index is 2.96. The molecule has 1 unspecified atom stereocenters. The van der Waals surface area contributed by atoms with E-state index in [0.717, 1.165) is 11.5 Å². The normalized spacial score (nSPS) is 14.9. The average molecular weight is 210 g/mol. The molecule has 1 rings (SSSR count). The molecule has 14 heavy (non-hydrogen) atoms. The van der Waals surface area contributed by atoms with E-state index in [1.165, 1.54) is 0 Å². The van der Waals surface area contributed by atoms with E-state index in [1.807, 2.05) is 26.1 Å². The summed E-state index contributed by atoms with van der Waals surface area (Å²) in [6.45, 7) is 8.32. The van der Waals surface area contributed by atoms with Crippen molar-refractivity contribution in [3.63, 3.8) is 0 Å². The van der Waals surface area contributed by atoms with Crippen molar-refractivity contribution in [1.82, 2.24) is 9.97 Å². The number of hydrogen-bond acceptors (Lipinski definition) is 2. The molecular formula is C11H18N2S. The van der Waals surface area contributed by atoms with Crippen LogP contribution in [0.5, 0.6) is 0 Å². The van der Waals surface area contributed by atoms with Crippen molar-refractivity contribution in [2.75, 3.05) is 0 Å². The molecule has 1 heterocycles. The number of nitrogens with one attached hydrogen (secondary N) is 1. The van der Waals surface area contributed by atoms with Gasteiger partial charge in [0.2, 0.25) is 0 Å². The van der Waals surface area contributed by atoms with Gasteiger partial charge in [0.05, 0.1) is 5.69 Å². The Morgan fingerprint density at radius 3 is 2.64 bits per heavy atom. The molecule has 1 aromatic rings. The van der Waals surface area contributed by atoms with Gasteiger partial charge in [0, 0.05) is 16.9 Å². The minimum atomic E-state index is -0.0321. The second kappa shape index (κ2) is 4.22. The van der Waals surface area contributed by atoms with Crippen LogP contribution < -0.4 is 0 Å². The molecule has 0 aromatic carbocycles. The lowest BCUT2D eigenvalue weighted by molar-refractivity contribution is 0.621. The van der Waals surface area contributed by atoms with Gasteiger partial charge in [-0.25, -0.2) is 4.98 Å². The Bertz CT molecular complexity index is 324. The van der Waals surface area contributed by atoms with Crippen molar-refractivity contribution < 1.29 is 0 Å². The van der Waals surface area contributed by atoms with Gasteiger partial charge >= 0.3 is 0 Å². The molecule has 0 bridgehead atoms. The number of allylic oxidation sites excluding steroid dienone is 2. The number of aromatic amines is 1. The van der Waals surface area contributed by atoms with Gasteiger partial charge in [-0.05, 0) is 27.7 Å². The summed E-state index contributed by atoms with van der Waals surface area (Å²) in [5.41, 5.74) is 0.969. The summed E-state index contributed by atoms with van der Waals surface area (Å²) in [7, 11) is 0. The number of imidazole rings is 1.